The van der Waals surface area contributed by atoms with Gasteiger partial charge in [-0.15, -0.1) is 11.6 Å². The van der Waals surface area contributed by atoms with Crippen molar-refractivity contribution in [2.75, 3.05) is 13.0 Å². The number of aryl methyl sites for hydroxylation is 1. The molecule has 0 aliphatic rings. The summed E-state index contributed by atoms with van der Waals surface area (Å²) in [6.45, 7) is 6.58. The third-order valence-corrected chi connectivity index (χ3v) is 3.29. The monoisotopic (exact) mass is 240 g/mol. The van der Waals surface area contributed by atoms with Gasteiger partial charge in [0, 0.05) is 5.88 Å². The standard InChI is InChI=1S/C14H21ClO/c1-10(2)13(7-8-15)12-5-6-14(16-4)11(3)9-12/h5-6,9-10,13H,7-8H2,1-4H3. The molecule has 0 N–H and O–H groups in total. The molecule has 16 heavy (non-hydrogen) atoms. The number of alkyl halides is 1. The van der Waals surface area contributed by atoms with Gasteiger partial charge in [-0.3, -0.25) is 0 Å². The molecule has 2 heteroatoms. The van der Waals surface area contributed by atoms with E-state index in [1.807, 2.05) is 6.07 Å². The lowest BCUT2D eigenvalue weighted by atomic mass is 9.85. The minimum absolute atomic E-state index is 0.544. The van der Waals surface area contributed by atoms with Gasteiger partial charge in [-0.25, -0.2) is 0 Å². The van der Waals surface area contributed by atoms with Crippen LogP contribution >= 0.6 is 11.6 Å². The summed E-state index contributed by atoms with van der Waals surface area (Å²) in [5, 5.41) is 0. The molecular formula is C14H21ClO. The van der Waals surface area contributed by atoms with Gasteiger partial charge in [0.25, 0.3) is 0 Å². The molecule has 0 saturated carbocycles. The quantitative estimate of drug-likeness (QED) is 0.695. The van der Waals surface area contributed by atoms with Crippen LogP contribution in [0.4, 0.5) is 0 Å². The Kier molecular flexibility index (Phi) is 5.14. The first kappa shape index (κ1) is 13.4. The second-order valence-corrected chi connectivity index (χ2v) is 4.94. The van der Waals surface area contributed by atoms with Crippen molar-refractivity contribution in [1.29, 1.82) is 0 Å². The molecule has 0 aromatic heterocycles. The molecule has 0 bridgehead atoms. The highest BCUT2D eigenvalue weighted by Crippen LogP contribution is 2.31. The van der Waals surface area contributed by atoms with Crippen LogP contribution in [0.1, 0.15) is 37.3 Å². The Morgan fingerprint density at radius 3 is 2.44 bits per heavy atom. The van der Waals surface area contributed by atoms with Gasteiger partial charge >= 0.3 is 0 Å². The second-order valence-electron chi connectivity index (χ2n) is 4.56. The summed E-state index contributed by atoms with van der Waals surface area (Å²) in [6, 6.07) is 6.42. The molecule has 1 aromatic carbocycles. The smallest absolute Gasteiger partial charge is 0.121 e. The van der Waals surface area contributed by atoms with Gasteiger partial charge in [0.2, 0.25) is 0 Å². The Bertz CT molecular complexity index is 334. The summed E-state index contributed by atoms with van der Waals surface area (Å²) in [7, 11) is 1.71. The van der Waals surface area contributed by atoms with Crippen LogP contribution in [-0.2, 0) is 0 Å². The summed E-state index contributed by atoms with van der Waals surface area (Å²) in [5.41, 5.74) is 2.56. The summed E-state index contributed by atoms with van der Waals surface area (Å²) in [4.78, 5) is 0. The van der Waals surface area contributed by atoms with Crippen LogP contribution in [0.25, 0.3) is 0 Å². The summed E-state index contributed by atoms with van der Waals surface area (Å²) >= 11 is 5.86. The summed E-state index contributed by atoms with van der Waals surface area (Å²) < 4.78 is 5.27. The van der Waals surface area contributed by atoms with Crippen molar-refractivity contribution in [3.8, 4) is 5.75 Å². The Morgan fingerprint density at radius 1 is 1.31 bits per heavy atom. The van der Waals surface area contributed by atoms with E-state index >= 15 is 0 Å². The zero-order valence-corrected chi connectivity index (χ0v) is 11.3. The number of halogens is 1. The fourth-order valence-corrected chi connectivity index (χ4v) is 2.37. The van der Waals surface area contributed by atoms with E-state index in [0.29, 0.717) is 17.7 Å². The SMILES string of the molecule is COc1ccc(C(CCCl)C(C)C)cc1C. The first-order chi connectivity index (χ1) is 7.60. The number of ether oxygens (including phenoxy) is 1. The fourth-order valence-electron chi connectivity index (χ4n) is 2.13. The van der Waals surface area contributed by atoms with Crippen LogP contribution in [0, 0.1) is 12.8 Å². The third-order valence-electron chi connectivity index (χ3n) is 3.07. The van der Waals surface area contributed by atoms with Crippen molar-refractivity contribution in [3.05, 3.63) is 29.3 Å². The van der Waals surface area contributed by atoms with Gasteiger partial charge < -0.3 is 4.74 Å². The largest absolute Gasteiger partial charge is 0.496 e. The highest BCUT2D eigenvalue weighted by Gasteiger charge is 2.16. The van der Waals surface area contributed by atoms with Crippen LogP contribution in [0.2, 0.25) is 0 Å². The van der Waals surface area contributed by atoms with E-state index in [0.717, 1.165) is 12.2 Å². The van der Waals surface area contributed by atoms with Crippen molar-refractivity contribution >= 4 is 11.6 Å². The molecule has 1 unspecified atom stereocenters. The maximum Gasteiger partial charge on any atom is 0.121 e. The molecule has 0 heterocycles. The zero-order valence-electron chi connectivity index (χ0n) is 10.6. The summed E-state index contributed by atoms with van der Waals surface area (Å²) in [6.07, 6.45) is 1.03. The number of methoxy groups -OCH3 is 1. The van der Waals surface area contributed by atoms with Crippen LogP contribution in [0.3, 0.4) is 0 Å². The lowest BCUT2D eigenvalue weighted by Gasteiger charge is -2.21. The van der Waals surface area contributed by atoms with Crippen molar-refractivity contribution in [2.24, 2.45) is 5.92 Å². The van der Waals surface area contributed by atoms with Crippen molar-refractivity contribution in [1.82, 2.24) is 0 Å². The molecule has 1 aromatic rings. The molecule has 0 saturated heterocycles. The molecule has 1 atom stereocenters. The van der Waals surface area contributed by atoms with Crippen molar-refractivity contribution in [3.63, 3.8) is 0 Å². The predicted octanol–water partition coefficient (Wildman–Crippen LogP) is 4.37. The van der Waals surface area contributed by atoms with E-state index in [1.165, 1.54) is 11.1 Å². The normalized spacial score (nSPS) is 12.9. The lowest BCUT2D eigenvalue weighted by molar-refractivity contribution is 0.410. The number of hydrogen-bond donors (Lipinski definition) is 0. The molecular weight excluding hydrogens is 220 g/mol. The Labute approximate surface area is 104 Å². The summed E-state index contributed by atoms with van der Waals surface area (Å²) in [5.74, 6) is 2.83. The number of rotatable bonds is 5. The second kappa shape index (κ2) is 6.15. The van der Waals surface area contributed by atoms with Crippen molar-refractivity contribution in [2.45, 2.75) is 33.1 Å². The molecule has 90 valence electrons. The Hall–Kier alpha value is -0.690. The third kappa shape index (κ3) is 3.15. The lowest BCUT2D eigenvalue weighted by Crippen LogP contribution is -2.08. The minimum atomic E-state index is 0.544. The zero-order chi connectivity index (χ0) is 12.1. The van der Waals surface area contributed by atoms with Gasteiger partial charge in [-0.05, 0) is 42.4 Å². The first-order valence-electron chi connectivity index (χ1n) is 5.80. The van der Waals surface area contributed by atoms with Crippen LogP contribution in [-0.4, -0.2) is 13.0 Å². The Morgan fingerprint density at radius 2 is 2.00 bits per heavy atom. The van der Waals surface area contributed by atoms with Crippen LogP contribution in [0.5, 0.6) is 5.75 Å². The minimum Gasteiger partial charge on any atom is -0.496 e. The van der Waals surface area contributed by atoms with Crippen molar-refractivity contribution < 1.29 is 4.74 Å². The van der Waals surface area contributed by atoms with E-state index in [9.17, 15) is 0 Å². The molecule has 0 amide bonds. The van der Waals surface area contributed by atoms with E-state index in [-0.39, 0.29) is 0 Å². The number of benzene rings is 1. The van der Waals surface area contributed by atoms with Gasteiger partial charge in [-0.2, -0.15) is 0 Å². The maximum atomic E-state index is 5.86. The maximum absolute atomic E-state index is 5.86. The van der Waals surface area contributed by atoms with E-state index in [2.05, 4.69) is 32.9 Å². The average Bonchev–Trinajstić information content (AvgIpc) is 2.25. The van der Waals surface area contributed by atoms with E-state index in [1.54, 1.807) is 7.11 Å². The average molecular weight is 241 g/mol. The number of hydrogen-bond acceptors (Lipinski definition) is 1. The predicted molar refractivity (Wildman–Crippen MR) is 70.6 cm³/mol. The van der Waals surface area contributed by atoms with Gasteiger partial charge in [0.1, 0.15) is 5.75 Å². The molecule has 0 aliphatic heterocycles. The van der Waals surface area contributed by atoms with Gasteiger partial charge in [-0.1, -0.05) is 26.0 Å². The van der Waals surface area contributed by atoms with Gasteiger partial charge in [0.15, 0.2) is 0 Å². The molecule has 1 nitrogen and oxygen atoms in total. The van der Waals surface area contributed by atoms with Crippen LogP contribution < -0.4 is 4.74 Å². The van der Waals surface area contributed by atoms with E-state index in [4.69, 9.17) is 16.3 Å². The van der Waals surface area contributed by atoms with E-state index < -0.39 is 0 Å². The fraction of sp³-hybridized carbons (Fsp3) is 0.571. The highest BCUT2D eigenvalue weighted by molar-refractivity contribution is 6.17. The Balaban J connectivity index is 2.97. The molecule has 0 fully saturated rings. The first-order valence-corrected chi connectivity index (χ1v) is 6.34. The molecule has 1 rings (SSSR count). The van der Waals surface area contributed by atoms with Gasteiger partial charge in [0.05, 0.1) is 7.11 Å². The topological polar surface area (TPSA) is 9.23 Å². The highest BCUT2D eigenvalue weighted by atomic mass is 35.5. The molecule has 0 radical (unpaired) electrons. The molecule has 0 spiro atoms. The van der Waals surface area contributed by atoms with Crippen LogP contribution in [0.15, 0.2) is 18.2 Å². The molecule has 0 aliphatic carbocycles.